The van der Waals surface area contributed by atoms with Crippen LogP contribution in [0.5, 0.6) is 17.2 Å². The minimum absolute atomic E-state index is 0.0303. The molecule has 0 bridgehead atoms. The fourth-order valence-electron chi connectivity index (χ4n) is 4.99. The van der Waals surface area contributed by atoms with Crippen LogP contribution < -0.4 is 10.1 Å². The van der Waals surface area contributed by atoms with Gasteiger partial charge in [-0.3, -0.25) is 14.4 Å². The number of nitrogens with one attached hydrogen (secondary N) is 1. The molecule has 1 aromatic carbocycles. The second-order valence-corrected chi connectivity index (χ2v) is 8.87. The number of phenols is 2. The molecule has 164 valence electrons. The summed E-state index contributed by atoms with van der Waals surface area (Å²) < 4.78 is 5.78. The average molecular weight is 425 g/mol. The summed E-state index contributed by atoms with van der Waals surface area (Å²) in [5.74, 6) is -2.17. The zero-order valence-electron chi connectivity index (χ0n) is 18.2. The van der Waals surface area contributed by atoms with Crippen LogP contribution in [0, 0.1) is 6.92 Å². The van der Waals surface area contributed by atoms with Crippen molar-refractivity contribution in [2.45, 2.75) is 71.3 Å². The number of aromatic hydroxyl groups is 2. The molecule has 0 radical (unpaired) electrons. The summed E-state index contributed by atoms with van der Waals surface area (Å²) in [7, 11) is 0. The number of phenolic OH excluding ortho intramolecular Hbond substituents is 2. The normalized spacial score (nSPS) is 24.8. The predicted molar refractivity (Wildman–Crippen MR) is 113 cm³/mol. The smallest absolute Gasteiger partial charge is 0.194 e. The Kier molecular flexibility index (Phi) is 4.95. The number of Topliss-reactive ketones (excluding diaryl/α,β-unsaturated/α-hetero) is 2. The van der Waals surface area contributed by atoms with E-state index in [9.17, 15) is 24.6 Å². The summed E-state index contributed by atoms with van der Waals surface area (Å²) in [5, 5.41) is 24.6. The Morgan fingerprint density at radius 3 is 2.39 bits per heavy atom. The van der Waals surface area contributed by atoms with E-state index in [1.807, 2.05) is 0 Å². The van der Waals surface area contributed by atoms with E-state index in [0.717, 1.165) is 25.7 Å². The Labute approximate surface area is 180 Å². The van der Waals surface area contributed by atoms with Crippen molar-refractivity contribution in [2.24, 2.45) is 0 Å². The molecule has 0 spiro atoms. The highest BCUT2D eigenvalue weighted by molar-refractivity contribution is 6.31. The molecule has 2 aliphatic carbocycles. The van der Waals surface area contributed by atoms with E-state index in [4.69, 9.17) is 4.74 Å². The summed E-state index contributed by atoms with van der Waals surface area (Å²) >= 11 is 0. The molecule has 0 saturated heterocycles. The van der Waals surface area contributed by atoms with Crippen LogP contribution in [-0.4, -0.2) is 33.6 Å². The van der Waals surface area contributed by atoms with Crippen molar-refractivity contribution in [3.63, 3.8) is 0 Å². The predicted octanol–water partition coefficient (Wildman–Crippen LogP) is 3.49. The van der Waals surface area contributed by atoms with Gasteiger partial charge in [-0.05, 0) is 40.5 Å². The van der Waals surface area contributed by atoms with Crippen molar-refractivity contribution in [1.29, 1.82) is 0 Å². The lowest BCUT2D eigenvalue weighted by molar-refractivity contribution is -0.123. The molecule has 4 rings (SSSR count). The third-order valence-corrected chi connectivity index (χ3v) is 6.79. The molecule has 0 aromatic heterocycles. The van der Waals surface area contributed by atoms with Crippen LogP contribution >= 0.6 is 0 Å². The van der Waals surface area contributed by atoms with Crippen molar-refractivity contribution in [3.8, 4) is 17.2 Å². The summed E-state index contributed by atoms with van der Waals surface area (Å²) in [6, 6.07) is 0.212. The molecule has 0 amide bonds. The minimum Gasteiger partial charge on any atom is -0.507 e. The van der Waals surface area contributed by atoms with Gasteiger partial charge in [0.25, 0.3) is 0 Å². The molecule has 3 aliphatic rings. The minimum atomic E-state index is -1.47. The van der Waals surface area contributed by atoms with Crippen LogP contribution in [-0.2, 0) is 15.0 Å². The van der Waals surface area contributed by atoms with Gasteiger partial charge < -0.3 is 20.3 Å². The van der Waals surface area contributed by atoms with Gasteiger partial charge in [0, 0.05) is 23.4 Å². The molecular formula is C24H27NO6. The third-order valence-electron chi connectivity index (χ3n) is 6.79. The van der Waals surface area contributed by atoms with Crippen LogP contribution in [0.1, 0.15) is 74.4 Å². The van der Waals surface area contributed by atoms with Crippen molar-refractivity contribution in [3.05, 3.63) is 39.8 Å². The number of allylic oxidation sites excluding steroid dienone is 4. The van der Waals surface area contributed by atoms with E-state index in [1.165, 1.54) is 26.3 Å². The standard InChI is InChI=1S/C24H27NO6/c1-11-20(28)18(13(3)26)22-19(21(11)29)24(4)16(31-22)10-15(27)17(23(24)30)12(2)25-14-8-6-5-7-9-14/h10,14,25,28-29H,5-9H2,1-4H3. The number of fused-ring (bicyclic) bond motifs is 3. The van der Waals surface area contributed by atoms with Gasteiger partial charge in [-0.1, -0.05) is 19.3 Å². The molecule has 1 aliphatic heterocycles. The largest absolute Gasteiger partial charge is 0.507 e. The summed E-state index contributed by atoms with van der Waals surface area (Å²) in [6.07, 6.45) is 6.62. The first-order valence-corrected chi connectivity index (χ1v) is 10.7. The molecule has 3 N–H and O–H groups in total. The SMILES string of the molecule is CC(=O)c1c(O)c(C)c(O)c2c1OC1=CC(=O)C(=C(C)NC3CCCCC3)C(=O)C12C. The maximum Gasteiger partial charge on any atom is 0.194 e. The second kappa shape index (κ2) is 7.25. The fourth-order valence-corrected chi connectivity index (χ4v) is 4.99. The Hall–Kier alpha value is -3.09. The highest BCUT2D eigenvalue weighted by Gasteiger charge is 2.56. The summed E-state index contributed by atoms with van der Waals surface area (Å²) in [5.41, 5.74) is -0.844. The number of rotatable bonds is 3. The molecule has 7 nitrogen and oxygen atoms in total. The van der Waals surface area contributed by atoms with E-state index in [-0.39, 0.29) is 45.6 Å². The lowest BCUT2D eigenvalue weighted by Crippen LogP contribution is -2.42. The molecule has 7 heteroatoms. The van der Waals surface area contributed by atoms with Crippen LogP contribution in [0.15, 0.2) is 23.1 Å². The van der Waals surface area contributed by atoms with E-state index in [1.54, 1.807) is 13.8 Å². The van der Waals surface area contributed by atoms with Crippen molar-refractivity contribution in [1.82, 2.24) is 5.32 Å². The first-order chi connectivity index (χ1) is 14.6. The number of ether oxygens (including phenoxy) is 1. The van der Waals surface area contributed by atoms with Crippen LogP contribution in [0.3, 0.4) is 0 Å². The van der Waals surface area contributed by atoms with Crippen molar-refractivity contribution in [2.75, 3.05) is 0 Å². The monoisotopic (exact) mass is 425 g/mol. The van der Waals surface area contributed by atoms with Crippen LogP contribution in [0.4, 0.5) is 0 Å². The molecule has 1 fully saturated rings. The number of carbonyl (C=O) groups is 3. The first kappa shape index (κ1) is 21.2. The summed E-state index contributed by atoms with van der Waals surface area (Å²) in [6.45, 7) is 6.03. The van der Waals surface area contributed by atoms with Crippen LogP contribution in [0.2, 0.25) is 0 Å². The quantitative estimate of drug-likeness (QED) is 0.386. The molecule has 31 heavy (non-hydrogen) atoms. The average Bonchev–Trinajstić information content (AvgIpc) is 3.00. The highest BCUT2D eigenvalue weighted by atomic mass is 16.5. The van der Waals surface area contributed by atoms with Gasteiger partial charge in [-0.2, -0.15) is 0 Å². The van der Waals surface area contributed by atoms with E-state index < -0.39 is 28.5 Å². The maximum absolute atomic E-state index is 13.7. The lowest BCUT2D eigenvalue weighted by atomic mass is 9.70. The van der Waals surface area contributed by atoms with Gasteiger partial charge in [0.1, 0.15) is 34.0 Å². The summed E-state index contributed by atoms with van der Waals surface area (Å²) in [4.78, 5) is 38.9. The van der Waals surface area contributed by atoms with Gasteiger partial charge in [-0.25, -0.2) is 0 Å². The Balaban J connectivity index is 1.87. The van der Waals surface area contributed by atoms with Crippen molar-refractivity contribution < 1.29 is 29.3 Å². The molecular weight excluding hydrogens is 398 g/mol. The number of carbonyl (C=O) groups excluding carboxylic acids is 3. The lowest BCUT2D eigenvalue weighted by Gasteiger charge is -2.30. The van der Waals surface area contributed by atoms with Crippen molar-refractivity contribution >= 4 is 17.3 Å². The number of ketones is 3. The van der Waals surface area contributed by atoms with Gasteiger partial charge >= 0.3 is 0 Å². The second-order valence-electron chi connectivity index (χ2n) is 8.87. The number of benzene rings is 1. The van der Waals surface area contributed by atoms with Gasteiger partial charge in [-0.15, -0.1) is 0 Å². The molecule has 1 unspecified atom stereocenters. The van der Waals surface area contributed by atoms with Gasteiger partial charge in [0.05, 0.1) is 11.1 Å². The Bertz CT molecular complexity index is 1090. The number of hydrogen-bond acceptors (Lipinski definition) is 7. The fraction of sp³-hybridized carbons (Fsp3) is 0.458. The van der Waals surface area contributed by atoms with Crippen LogP contribution in [0.25, 0.3) is 0 Å². The topological polar surface area (TPSA) is 113 Å². The zero-order valence-corrected chi connectivity index (χ0v) is 18.2. The first-order valence-electron chi connectivity index (χ1n) is 10.7. The molecule has 1 aromatic rings. The van der Waals surface area contributed by atoms with Gasteiger partial charge in [0.15, 0.2) is 17.3 Å². The molecule has 1 heterocycles. The molecule has 1 atom stereocenters. The Morgan fingerprint density at radius 1 is 1.13 bits per heavy atom. The molecule has 1 saturated carbocycles. The van der Waals surface area contributed by atoms with E-state index in [0.29, 0.717) is 5.70 Å². The van der Waals surface area contributed by atoms with Gasteiger partial charge in [0.2, 0.25) is 0 Å². The zero-order chi connectivity index (χ0) is 22.7. The van der Waals surface area contributed by atoms with E-state index in [2.05, 4.69) is 5.32 Å². The maximum atomic E-state index is 13.7. The highest BCUT2D eigenvalue weighted by Crippen LogP contribution is 2.57. The Morgan fingerprint density at radius 2 is 1.77 bits per heavy atom. The third kappa shape index (κ3) is 2.98. The number of hydrogen-bond donors (Lipinski definition) is 3. The van der Waals surface area contributed by atoms with E-state index >= 15 is 0 Å².